The van der Waals surface area contributed by atoms with Crippen LogP contribution in [0.1, 0.15) is 32.3 Å². The van der Waals surface area contributed by atoms with Crippen molar-refractivity contribution in [3.8, 4) is 5.75 Å². The molecule has 0 spiro atoms. The minimum Gasteiger partial charge on any atom is -0.491 e. The Morgan fingerprint density at radius 2 is 1.96 bits per heavy atom. The average molecular weight is 349 g/mol. The quantitative estimate of drug-likeness (QED) is 0.526. The maximum atomic E-state index is 12.3. The molecule has 0 unspecified atom stereocenters. The molecule has 1 atom stereocenters. The van der Waals surface area contributed by atoms with Crippen LogP contribution < -0.4 is 4.74 Å². The third-order valence-corrected chi connectivity index (χ3v) is 4.60. The molecule has 1 saturated heterocycles. The number of methoxy groups -OCH3 is 1. The lowest BCUT2D eigenvalue weighted by Gasteiger charge is -2.12. The van der Waals surface area contributed by atoms with Crippen LogP contribution in [0.5, 0.6) is 5.75 Å². The van der Waals surface area contributed by atoms with Gasteiger partial charge in [-0.25, -0.2) is 0 Å². The Balaban J connectivity index is 2.03. The van der Waals surface area contributed by atoms with Gasteiger partial charge < -0.3 is 9.47 Å². The van der Waals surface area contributed by atoms with E-state index in [1.807, 2.05) is 31.2 Å². The molecule has 1 aromatic carbocycles. The molecule has 0 aliphatic carbocycles. The molecule has 1 aliphatic heterocycles. The summed E-state index contributed by atoms with van der Waals surface area (Å²) < 4.78 is 10.7. The van der Waals surface area contributed by atoms with E-state index in [0.717, 1.165) is 29.5 Å². The van der Waals surface area contributed by atoms with Gasteiger partial charge in [0.2, 0.25) is 0 Å². The Morgan fingerprint density at radius 3 is 2.58 bits per heavy atom. The maximum Gasteiger partial charge on any atom is 0.293 e. The van der Waals surface area contributed by atoms with Crippen LogP contribution in [-0.4, -0.2) is 42.4 Å². The molecule has 0 saturated carbocycles. The Bertz CT molecular complexity index is 612. The molecule has 24 heavy (non-hydrogen) atoms. The van der Waals surface area contributed by atoms with Crippen molar-refractivity contribution in [2.75, 3.05) is 20.3 Å². The summed E-state index contributed by atoms with van der Waals surface area (Å²) in [6, 6.07) is 7.52. The minimum absolute atomic E-state index is 0.166. The lowest BCUT2D eigenvalue weighted by molar-refractivity contribution is -0.122. The van der Waals surface area contributed by atoms with Crippen LogP contribution >= 0.6 is 11.8 Å². The van der Waals surface area contributed by atoms with Gasteiger partial charge in [0.25, 0.3) is 11.1 Å². The van der Waals surface area contributed by atoms with Crippen molar-refractivity contribution in [2.24, 2.45) is 0 Å². The van der Waals surface area contributed by atoms with Gasteiger partial charge in [-0.1, -0.05) is 19.1 Å². The van der Waals surface area contributed by atoms with Crippen molar-refractivity contribution in [3.05, 3.63) is 34.7 Å². The Hall–Kier alpha value is -1.79. The molecule has 0 aromatic heterocycles. The fourth-order valence-electron chi connectivity index (χ4n) is 2.17. The molecular weight excluding hydrogens is 326 g/mol. The minimum atomic E-state index is -0.235. The Kier molecular flexibility index (Phi) is 6.87. The summed E-state index contributed by atoms with van der Waals surface area (Å²) in [6.07, 6.45) is 3.50. The molecule has 2 rings (SSSR count). The number of carbonyl (C=O) groups is 2. The highest BCUT2D eigenvalue weighted by Crippen LogP contribution is 2.32. The van der Waals surface area contributed by atoms with Gasteiger partial charge in [0.05, 0.1) is 11.0 Å². The third-order valence-electron chi connectivity index (χ3n) is 3.69. The molecule has 130 valence electrons. The number of amides is 2. The van der Waals surface area contributed by atoms with Crippen LogP contribution in [0.15, 0.2) is 29.2 Å². The topological polar surface area (TPSA) is 55.8 Å². The lowest BCUT2D eigenvalue weighted by atomic mass is 10.2. The van der Waals surface area contributed by atoms with Gasteiger partial charge in [-0.15, -0.1) is 0 Å². The number of hydrogen-bond donors (Lipinski definition) is 0. The van der Waals surface area contributed by atoms with Crippen LogP contribution in [0.2, 0.25) is 0 Å². The van der Waals surface area contributed by atoms with E-state index in [0.29, 0.717) is 24.5 Å². The largest absolute Gasteiger partial charge is 0.491 e. The first-order chi connectivity index (χ1) is 11.5. The second-order valence-electron chi connectivity index (χ2n) is 5.59. The van der Waals surface area contributed by atoms with Gasteiger partial charge in [-0.05, 0) is 55.3 Å². The van der Waals surface area contributed by atoms with Crippen molar-refractivity contribution in [1.82, 2.24) is 4.90 Å². The second-order valence-corrected chi connectivity index (χ2v) is 6.58. The highest BCUT2D eigenvalue weighted by molar-refractivity contribution is 8.18. The predicted octanol–water partition coefficient (Wildman–Crippen LogP) is 3.94. The zero-order valence-corrected chi connectivity index (χ0v) is 15.1. The number of ether oxygens (including phenoxy) is 2. The third kappa shape index (κ3) is 4.85. The van der Waals surface area contributed by atoms with Gasteiger partial charge in [0.15, 0.2) is 0 Å². The van der Waals surface area contributed by atoms with E-state index in [1.54, 1.807) is 13.2 Å². The van der Waals surface area contributed by atoms with Crippen LogP contribution in [-0.2, 0) is 9.53 Å². The normalized spacial score (nSPS) is 17.6. The number of hydrogen-bond acceptors (Lipinski definition) is 5. The number of nitrogens with zero attached hydrogens (tertiary/aromatic N) is 1. The Morgan fingerprint density at radius 1 is 1.25 bits per heavy atom. The molecular formula is C18H23NO4S. The Labute approximate surface area is 147 Å². The summed E-state index contributed by atoms with van der Waals surface area (Å²) in [4.78, 5) is 26.0. The summed E-state index contributed by atoms with van der Waals surface area (Å²) in [5.41, 5.74) is 0.869. The van der Waals surface area contributed by atoms with Crippen molar-refractivity contribution >= 4 is 29.0 Å². The van der Waals surface area contributed by atoms with Crippen molar-refractivity contribution in [1.29, 1.82) is 0 Å². The van der Waals surface area contributed by atoms with Crippen molar-refractivity contribution < 1.29 is 19.1 Å². The molecule has 0 bridgehead atoms. The first kappa shape index (κ1) is 18.5. The highest BCUT2D eigenvalue weighted by Gasteiger charge is 2.34. The molecule has 5 nitrogen and oxygen atoms in total. The van der Waals surface area contributed by atoms with E-state index in [1.165, 1.54) is 4.90 Å². The van der Waals surface area contributed by atoms with Gasteiger partial charge in [-0.3, -0.25) is 14.5 Å². The van der Waals surface area contributed by atoms with Gasteiger partial charge in [-0.2, -0.15) is 0 Å². The summed E-state index contributed by atoms with van der Waals surface area (Å²) in [5, 5.41) is -0.223. The maximum absolute atomic E-state index is 12.3. The highest BCUT2D eigenvalue weighted by atomic mass is 32.2. The average Bonchev–Trinajstić information content (AvgIpc) is 2.84. The van der Waals surface area contributed by atoms with E-state index in [-0.39, 0.29) is 17.3 Å². The van der Waals surface area contributed by atoms with Gasteiger partial charge in [0.1, 0.15) is 5.75 Å². The van der Waals surface area contributed by atoms with Crippen LogP contribution in [0.3, 0.4) is 0 Å². The SMILES string of the molecule is CC[C@H](C)Oc1ccc(/C=C2/SC(=O)N(CCCOC)C2=O)cc1. The molecule has 1 aliphatic rings. The van der Waals surface area contributed by atoms with Crippen LogP contribution in [0, 0.1) is 0 Å². The first-order valence-corrected chi connectivity index (χ1v) is 8.87. The van der Waals surface area contributed by atoms with Gasteiger partial charge in [0, 0.05) is 20.3 Å². The summed E-state index contributed by atoms with van der Waals surface area (Å²) in [5.74, 6) is 0.565. The molecule has 1 aromatic rings. The molecule has 0 radical (unpaired) electrons. The van der Waals surface area contributed by atoms with E-state index in [4.69, 9.17) is 9.47 Å². The summed E-state index contributed by atoms with van der Waals surface area (Å²) in [6.45, 7) is 5.01. The molecule has 1 fully saturated rings. The molecule has 1 heterocycles. The van der Waals surface area contributed by atoms with E-state index in [9.17, 15) is 9.59 Å². The monoisotopic (exact) mass is 349 g/mol. The van der Waals surface area contributed by atoms with Crippen molar-refractivity contribution in [3.63, 3.8) is 0 Å². The molecule has 2 amide bonds. The summed E-state index contributed by atoms with van der Waals surface area (Å²) in [7, 11) is 1.60. The number of imide groups is 1. The molecule has 6 heteroatoms. The zero-order chi connectivity index (χ0) is 17.5. The second kappa shape index (κ2) is 8.89. The fraction of sp³-hybridized carbons (Fsp3) is 0.444. The summed E-state index contributed by atoms with van der Waals surface area (Å²) >= 11 is 0.980. The number of rotatable bonds is 8. The molecule has 0 N–H and O–H groups in total. The zero-order valence-electron chi connectivity index (χ0n) is 14.3. The lowest BCUT2D eigenvalue weighted by Crippen LogP contribution is -2.29. The number of thioether (sulfide) groups is 1. The first-order valence-electron chi connectivity index (χ1n) is 8.06. The number of benzene rings is 1. The smallest absolute Gasteiger partial charge is 0.293 e. The van der Waals surface area contributed by atoms with E-state index >= 15 is 0 Å². The van der Waals surface area contributed by atoms with E-state index < -0.39 is 0 Å². The van der Waals surface area contributed by atoms with Crippen LogP contribution in [0.4, 0.5) is 4.79 Å². The fourth-order valence-corrected chi connectivity index (χ4v) is 3.03. The number of carbonyl (C=O) groups excluding carboxylic acids is 2. The van der Waals surface area contributed by atoms with Crippen molar-refractivity contribution in [2.45, 2.75) is 32.8 Å². The van der Waals surface area contributed by atoms with Gasteiger partial charge >= 0.3 is 0 Å². The standard InChI is InChI=1S/C18H23NO4S/c1-4-13(2)23-15-8-6-14(7-9-15)12-16-17(20)19(18(21)24-16)10-5-11-22-3/h6-9,12-13H,4-5,10-11H2,1-3H3/b16-12+/t13-/m0/s1. The van der Waals surface area contributed by atoms with Crippen LogP contribution in [0.25, 0.3) is 6.08 Å². The predicted molar refractivity (Wildman–Crippen MR) is 96.0 cm³/mol. The van der Waals surface area contributed by atoms with E-state index in [2.05, 4.69) is 6.92 Å².